The summed E-state index contributed by atoms with van der Waals surface area (Å²) >= 11 is 0. The zero-order valence-electron chi connectivity index (χ0n) is 9.70. The van der Waals surface area contributed by atoms with E-state index in [0.29, 0.717) is 24.9 Å². The molecule has 2 atom stereocenters. The van der Waals surface area contributed by atoms with Gasteiger partial charge in [-0.25, -0.2) is 13.4 Å². The molecule has 1 aromatic rings. The molecule has 94 valence electrons. The van der Waals surface area contributed by atoms with Crippen molar-refractivity contribution in [1.29, 1.82) is 0 Å². The number of rotatable bonds is 2. The van der Waals surface area contributed by atoms with Gasteiger partial charge in [-0.3, -0.25) is 0 Å². The molecule has 0 bridgehead atoms. The van der Waals surface area contributed by atoms with Gasteiger partial charge in [0, 0.05) is 26.3 Å². The third kappa shape index (κ3) is 1.78. The zero-order chi connectivity index (χ0) is 12.0. The molecule has 2 fully saturated rings. The van der Waals surface area contributed by atoms with E-state index in [1.54, 1.807) is 22.1 Å². The van der Waals surface area contributed by atoms with Crippen LogP contribution in [0.2, 0.25) is 0 Å². The molecule has 1 N–H and O–H groups in total. The molecule has 2 saturated heterocycles. The molecule has 3 rings (SSSR count). The highest BCUT2D eigenvalue weighted by atomic mass is 32.2. The standard InChI is InChI=1S/C10H16N4O2S/c1-13-6-10(12-7-13)17(15,16)14-4-8-2-11-3-9(8)5-14/h6-9,11H,2-5H2,1H3/t8-,9+. The summed E-state index contributed by atoms with van der Waals surface area (Å²) < 4.78 is 27.9. The summed E-state index contributed by atoms with van der Waals surface area (Å²) in [4.78, 5) is 3.94. The Bertz CT molecular complexity index is 512. The van der Waals surface area contributed by atoms with Crippen LogP contribution in [0.4, 0.5) is 0 Å². The number of nitrogens with zero attached hydrogens (tertiary/aromatic N) is 3. The number of sulfonamides is 1. The van der Waals surface area contributed by atoms with Crippen LogP contribution < -0.4 is 5.32 Å². The fraction of sp³-hybridized carbons (Fsp3) is 0.700. The molecule has 0 aromatic carbocycles. The van der Waals surface area contributed by atoms with Crippen molar-refractivity contribution in [2.24, 2.45) is 18.9 Å². The summed E-state index contributed by atoms with van der Waals surface area (Å²) in [6.07, 6.45) is 3.08. The van der Waals surface area contributed by atoms with E-state index >= 15 is 0 Å². The van der Waals surface area contributed by atoms with Gasteiger partial charge < -0.3 is 9.88 Å². The van der Waals surface area contributed by atoms with Crippen molar-refractivity contribution in [1.82, 2.24) is 19.2 Å². The Labute approximate surface area is 101 Å². The molecule has 0 saturated carbocycles. The van der Waals surface area contributed by atoms with Crippen LogP contribution in [0.15, 0.2) is 17.6 Å². The Morgan fingerprint density at radius 1 is 1.35 bits per heavy atom. The Morgan fingerprint density at radius 3 is 2.53 bits per heavy atom. The maximum absolute atomic E-state index is 12.3. The minimum Gasteiger partial charge on any atom is -0.339 e. The molecule has 0 amide bonds. The van der Waals surface area contributed by atoms with Crippen molar-refractivity contribution in [2.45, 2.75) is 5.03 Å². The Morgan fingerprint density at radius 2 is 2.00 bits per heavy atom. The summed E-state index contributed by atoms with van der Waals surface area (Å²) in [5, 5.41) is 3.46. The van der Waals surface area contributed by atoms with Crippen LogP contribution >= 0.6 is 0 Å². The van der Waals surface area contributed by atoms with E-state index in [9.17, 15) is 8.42 Å². The lowest BCUT2D eigenvalue weighted by Gasteiger charge is -2.15. The van der Waals surface area contributed by atoms with Crippen molar-refractivity contribution < 1.29 is 8.42 Å². The van der Waals surface area contributed by atoms with Gasteiger partial charge in [-0.15, -0.1) is 0 Å². The van der Waals surface area contributed by atoms with E-state index in [4.69, 9.17) is 0 Å². The second-order valence-electron chi connectivity index (χ2n) is 4.88. The highest BCUT2D eigenvalue weighted by molar-refractivity contribution is 7.89. The Hall–Kier alpha value is -0.920. The highest BCUT2D eigenvalue weighted by Crippen LogP contribution is 2.30. The van der Waals surface area contributed by atoms with Gasteiger partial charge in [0.05, 0.1) is 6.33 Å². The first-order valence-electron chi connectivity index (χ1n) is 5.76. The van der Waals surface area contributed by atoms with Gasteiger partial charge in [-0.1, -0.05) is 0 Å². The lowest BCUT2D eigenvalue weighted by molar-refractivity contribution is 0.446. The number of imidazole rings is 1. The summed E-state index contributed by atoms with van der Waals surface area (Å²) in [6.45, 7) is 3.10. The quantitative estimate of drug-likeness (QED) is 0.757. The molecule has 2 aliphatic rings. The van der Waals surface area contributed by atoms with Crippen molar-refractivity contribution in [3.8, 4) is 0 Å². The summed E-state index contributed by atoms with van der Waals surface area (Å²) in [6, 6.07) is 0. The molecule has 2 aliphatic heterocycles. The lowest BCUT2D eigenvalue weighted by atomic mass is 10.0. The van der Waals surface area contributed by atoms with Crippen LogP contribution in [-0.2, 0) is 17.1 Å². The number of fused-ring (bicyclic) bond motifs is 1. The van der Waals surface area contributed by atoms with Crippen LogP contribution in [0.25, 0.3) is 0 Å². The number of nitrogens with one attached hydrogen (secondary N) is 1. The molecule has 3 heterocycles. The van der Waals surface area contributed by atoms with E-state index in [1.165, 1.54) is 6.33 Å². The number of aryl methyl sites for hydroxylation is 1. The fourth-order valence-electron chi connectivity index (χ4n) is 2.66. The Balaban J connectivity index is 1.85. The van der Waals surface area contributed by atoms with Crippen LogP contribution in [0.3, 0.4) is 0 Å². The van der Waals surface area contributed by atoms with Gasteiger partial charge in [0.15, 0.2) is 5.03 Å². The van der Waals surface area contributed by atoms with E-state index < -0.39 is 10.0 Å². The summed E-state index contributed by atoms with van der Waals surface area (Å²) in [7, 11) is -1.61. The molecular formula is C10H16N4O2S. The van der Waals surface area contributed by atoms with Crippen LogP contribution in [0, 0.1) is 11.8 Å². The van der Waals surface area contributed by atoms with E-state index in [0.717, 1.165) is 13.1 Å². The normalized spacial score (nSPS) is 29.7. The maximum Gasteiger partial charge on any atom is 0.262 e. The van der Waals surface area contributed by atoms with Crippen molar-refractivity contribution in [2.75, 3.05) is 26.2 Å². The van der Waals surface area contributed by atoms with Crippen LogP contribution in [0.1, 0.15) is 0 Å². The molecule has 17 heavy (non-hydrogen) atoms. The minimum atomic E-state index is -3.39. The topological polar surface area (TPSA) is 67.2 Å². The summed E-state index contributed by atoms with van der Waals surface area (Å²) in [5.74, 6) is 0.932. The van der Waals surface area contributed by atoms with E-state index in [2.05, 4.69) is 10.3 Å². The first kappa shape index (κ1) is 11.2. The minimum absolute atomic E-state index is 0.160. The van der Waals surface area contributed by atoms with Crippen molar-refractivity contribution >= 4 is 10.0 Å². The van der Waals surface area contributed by atoms with Gasteiger partial charge in [0.1, 0.15) is 0 Å². The van der Waals surface area contributed by atoms with Crippen LogP contribution in [0.5, 0.6) is 0 Å². The number of aromatic nitrogens is 2. The zero-order valence-corrected chi connectivity index (χ0v) is 10.5. The third-order valence-electron chi connectivity index (χ3n) is 3.64. The highest BCUT2D eigenvalue weighted by Gasteiger charge is 2.42. The summed E-state index contributed by atoms with van der Waals surface area (Å²) in [5.41, 5.74) is 0. The predicted molar refractivity (Wildman–Crippen MR) is 61.8 cm³/mol. The maximum atomic E-state index is 12.3. The lowest BCUT2D eigenvalue weighted by Crippen LogP contribution is -2.32. The first-order valence-corrected chi connectivity index (χ1v) is 7.20. The third-order valence-corrected chi connectivity index (χ3v) is 5.36. The number of hydrogen-bond acceptors (Lipinski definition) is 4. The van der Waals surface area contributed by atoms with Crippen molar-refractivity contribution in [3.63, 3.8) is 0 Å². The fourth-order valence-corrected chi connectivity index (χ4v) is 4.18. The molecular weight excluding hydrogens is 240 g/mol. The SMILES string of the molecule is Cn1cnc(S(=O)(=O)N2C[C@H]3CNC[C@H]3C2)c1. The largest absolute Gasteiger partial charge is 0.339 e. The molecule has 0 aliphatic carbocycles. The van der Waals surface area contributed by atoms with Gasteiger partial charge >= 0.3 is 0 Å². The number of hydrogen-bond donors (Lipinski definition) is 1. The average Bonchev–Trinajstić information content (AvgIpc) is 2.89. The Kier molecular flexibility index (Phi) is 2.49. The molecule has 7 heteroatoms. The second kappa shape index (κ2) is 3.79. The second-order valence-corrected chi connectivity index (χ2v) is 6.76. The monoisotopic (exact) mass is 256 g/mol. The average molecular weight is 256 g/mol. The van der Waals surface area contributed by atoms with Gasteiger partial charge in [-0.2, -0.15) is 4.31 Å². The van der Waals surface area contributed by atoms with E-state index in [-0.39, 0.29) is 5.03 Å². The van der Waals surface area contributed by atoms with Gasteiger partial charge in [0.2, 0.25) is 0 Å². The molecule has 0 radical (unpaired) electrons. The molecule has 1 aromatic heterocycles. The molecule has 0 spiro atoms. The van der Waals surface area contributed by atoms with Gasteiger partial charge in [-0.05, 0) is 24.9 Å². The van der Waals surface area contributed by atoms with E-state index in [1.807, 2.05) is 0 Å². The van der Waals surface area contributed by atoms with Crippen molar-refractivity contribution in [3.05, 3.63) is 12.5 Å². The molecule has 6 nitrogen and oxygen atoms in total. The predicted octanol–water partition coefficient (Wildman–Crippen LogP) is -0.740. The molecule has 0 unspecified atom stereocenters. The first-order chi connectivity index (χ1) is 8.07. The smallest absolute Gasteiger partial charge is 0.262 e. The van der Waals surface area contributed by atoms with Gasteiger partial charge in [0.25, 0.3) is 10.0 Å². The van der Waals surface area contributed by atoms with Crippen LogP contribution in [-0.4, -0.2) is 48.5 Å².